The first-order chi connectivity index (χ1) is 48.7. The average Bonchev–Trinajstić information content (AvgIpc) is 1.01. The number of phosphoric ester groups is 2. The van der Waals surface area contributed by atoms with E-state index in [2.05, 4.69) is 101 Å². The van der Waals surface area contributed by atoms with Crippen LogP contribution in [0.15, 0.2) is 72.9 Å². The zero-order valence-electron chi connectivity index (χ0n) is 63.6. The lowest BCUT2D eigenvalue weighted by atomic mass is 10.1. The molecule has 582 valence electrons. The monoisotopic (exact) mass is 1450 g/mol. The minimum Gasteiger partial charge on any atom is -0.462 e. The second kappa shape index (κ2) is 73.8. The van der Waals surface area contributed by atoms with Gasteiger partial charge in [0.2, 0.25) is 0 Å². The summed E-state index contributed by atoms with van der Waals surface area (Å²) in [6.07, 6.45) is 74.4. The van der Waals surface area contributed by atoms with Gasteiger partial charge in [-0.2, -0.15) is 0 Å². The van der Waals surface area contributed by atoms with E-state index >= 15 is 0 Å². The van der Waals surface area contributed by atoms with Crippen LogP contribution in [0.3, 0.4) is 0 Å². The van der Waals surface area contributed by atoms with Gasteiger partial charge in [0, 0.05) is 25.7 Å². The topological polar surface area (TPSA) is 237 Å². The zero-order valence-corrected chi connectivity index (χ0v) is 65.4. The van der Waals surface area contributed by atoms with E-state index < -0.39 is 97.5 Å². The molecule has 0 aliphatic carbocycles. The van der Waals surface area contributed by atoms with Crippen molar-refractivity contribution in [2.24, 2.45) is 0 Å². The Labute approximate surface area is 609 Å². The first kappa shape index (κ1) is 96.5. The fraction of sp³-hybridized carbons (Fsp3) is 0.802. The summed E-state index contributed by atoms with van der Waals surface area (Å²) in [7, 11) is -9.95. The first-order valence-corrected chi connectivity index (χ1v) is 43.2. The molecule has 17 nitrogen and oxygen atoms in total. The lowest BCUT2D eigenvalue weighted by Gasteiger charge is -2.21. The number of phosphoric acid groups is 2. The fourth-order valence-electron chi connectivity index (χ4n) is 10.9. The predicted molar refractivity (Wildman–Crippen MR) is 409 cm³/mol. The summed E-state index contributed by atoms with van der Waals surface area (Å²) in [6.45, 7) is 4.82. The third-order valence-electron chi connectivity index (χ3n) is 17.1. The second-order valence-corrected chi connectivity index (χ2v) is 29.9. The smallest absolute Gasteiger partial charge is 0.462 e. The van der Waals surface area contributed by atoms with Gasteiger partial charge in [0.25, 0.3) is 0 Å². The number of hydrogen-bond acceptors (Lipinski definition) is 15. The Kier molecular flexibility index (Phi) is 71.2. The highest BCUT2D eigenvalue weighted by molar-refractivity contribution is 7.47. The molecular formula is C81H146O17P2. The molecule has 100 heavy (non-hydrogen) atoms. The van der Waals surface area contributed by atoms with Crippen molar-refractivity contribution < 1.29 is 80.2 Å². The van der Waals surface area contributed by atoms with Gasteiger partial charge in [-0.3, -0.25) is 37.3 Å². The highest BCUT2D eigenvalue weighted by Gasteiger charge is 2.30. The number of aliphatic hydroxyl groups excluding tert-OH is 1. The van der Waals surface area contributed by atoms with Crippen molar-refractivity contribution in [3.8, 4) is 0 Å². The molecule has 19 heteroatoms. The average molecular weight is 1450 g/mol. The lowest BCUT2D eigenvalue weighted by Crippen LogP contribution is -2.30. The molecule has 0 bridgehead atoms. The third kappa shape index (κ3) is 72.8. The highest BCUT2D eigenvalue weighted by Crippen LogP contribution is 2.45. The first-order valence-electron chi connectivity index (χ1n) is 40.2. The van der Waals surface area contributed by atoms with Gasteiger partial charge in [-0.25, -0.2) is 9.13 Å². The minimum atomic E-state index is -4.98. The number of rotatable bonds is 76. The molecule has 0 fully saturated rings. The molecule has 5 atom stereocenters. The van der Waals surface area contributed by atoms with E-state index in [1.54, 1.807) is 0 Å². The number of hydrogen-bond donors (Lipinski definition) is 3. The number of allylic oxidation sites excluding steroid dienone is 12. The van der Waals surface area contributed by atoms with Crippen LogP contribution in [-0.2, 0) is 65.4 Å². The molecule has 3 N–H and O–H groups in total. The summed E-state index contributed by atoms with van der Waals surface area (Å²) in [5.74, 6) is -2.19. The van der Waals surface area contributed by atoms with Crippen LogP contribution >= 0.6 is 15.6 Å². The maximum absolute atomic E-state index is 13.1. The van der Waals surface area contributed by atoms with Crippen molar-refractivity contribution in [2.75, 3.05) is 39.6 Å². The second-order valence-electron chi connectivity index (χ2n) is 27.0. The normalized spacial score (nSPS) is 14.3. The summed E-state index contributed by atoms with van der Waals surface area (Å²) >= 11 is 0. The summed E-state index contributed by atoms with van der Waals surface area (Å²) in [5, 5.41) is 10.6. The van der Waals surface area contributed by atoms with Crippen LogP contribution in [-0.4, -0.2) is 96.7 Å². The summed E-state index contributed by atoms with van der Waals surface area (Å²) in [5.41, 5.74) is 0. The van der Waals surface area contributed by atoms with E-state index in [0.717, 1.165) is 180 Å². The largest absolute Gasteiger partial charge is 0.472 e. The number of carbonyl (C=O) groups is 4. The quantitative estimate of drug-likeness (QED) is 0.0169. The van der Waals surface area contributed by atoms with E-state index in [0.29, 0.717) is 25.7 Å². The molecule has 2 unspecified atom stereocenters. The van der Waals surface area contributed by atoms with E-state index in [-0.39, 0.29) is 25.7 Å². The molecule has 0 aromatic rings. The van der Waals surface area contributed by atoms with Crippen molar-refractivity contribution in [1.29, 1.82) is 0 Å². The lowest BCUT2D eigenvalue weighted by molar-refractivity contribution is -0.161. The predicted octanol–water partition coefficient (Wildman–Crippen LogP) is 23.2. The van der Waals surface area contributed by atoms with Gasteiger partial charge in [0.15, 0.2) is 12.2 Å². The van der Waals surface area contributed by atoms with Crippen LogP contribution in [0.4, 0.5) is 0 Å². The Morgan fingerprint density at radius 2 is 0.490 bits per heavy atom. The van der Waals surface area contributed by atoms with Crippen molar-refractivity contribution in [1.82, 2.24) is 0 Å². The van der Waals surface area contributed by atoms with E-state index in [9.17, 15) is 43.2 Å². The molecular weight excluding hydrogens is 1310 g/mol. The molecule has 0 amide bonds. The van der Waals surface area contributed by atoms with E-state index in [4.69, 9.17) is 37.0 Å². The number of ether oxygens (including phenoxy) is 4. The van der Waals surface area contributed by atoms with Gasteiger partial charge < -0.3 is 33.8 Å². The molecule has 0 radical (unpaired) electrons. The van der Waals surface area contributed by atoms with Gasteiger partial charge in [-0.15, -0.1) is 0 Å². The van der Waals surface area contributed by atoms with Crippen LogP contribution in [0, 0.1) is 0 Å². The summed E-state index contributed by atoms with van der Waals surface area (Å²) in [4.78, 5) is 73.0. The zero-order chi connectivity index (χ0) is 73.2. The Bertz CT molecular complexity index is 2180. The van der Waals surface area contributed by atoms with E-state index in [1.807, 2.05) is 0 Å². The minimum absolute atomic E-state index is 0.0781. The maximum Gasteiger partial charge on any atom is 0.472 e. The van der Waals surface area contributed by atoms with Crippen LogP contribution in [0.25, 0.3) is 0 Å². The van der Waals surface area contributed by atoms with Crippen molar-refractivity contribution in [3.63, 3.8) is 0 Å². The molecule has 0 aliphatic rings. The van der Waals surface area contributed by atoms with Gasteiger partial charge >= 0.3 is 39.5 Å². The Morgan fingerprint density at radius 1 is 0.280 bits per heavy atom. The summed E-state index contributed by atoms with van der Waals surface area (Å²) in [6, 6.07) is 0. The third-order valence-corrected chi connectivity index (χ3v) is 19.0. The maximum atomic E-state index is 13.1. The van der Waals surface area contributed by atoms with Gasteiger partial charge in [0.1, 0.15) is 19.3 Å². The number of esters is 4. The molecule has 0 saturated carbocycles. The van der Waals surface area contributed by atoms with Crippen LogP contribution in [0.1, 0.15) is 362 Å². The summed E-state index contributed by atoms with van der Waals surface area (Å²) < 4.78 is 68.6. The van der Waals surface area contributed by atoms with Crippen molar-refractivity contribution >= 4 is 39.5 Å². The standard InChI is InChI=1S/C81H146O17P2/c1-5-9-13-17-21-25-29-33-37-41-45-49-53-57-61-65-78(83)91-71-76(97-80(85)67-63-59-55-51-47-43-39-35-31-27-23-19-15-11-7-3)73-95-99(87,88)93-69-75(82)70-94-100(89,90)96-74-77(98-81(86)68-64-60-56-52-48-44-40-36-32-28-24-20-16-12-8-4)72-92-79(84)66-62-58-54-50-46-42-38-34-30-26-22-18-14-10-6-2/h21,23,25,27-28,32-35,37-39,75-77,82H,5-20,22,24,26,29-31,36,40-74H2,1-4H3,(H,87,88)(H,89,90)/b25-21-,27-23-,32-28-,37-33-,38-34-,39-35-/t75-,76-,77-/m1/s1. The molecule has 0 rings (SSSR count). The Hall–Kier alpha value is -3.50. The SMILES string of the molecule is CCCCC/C=C\C/C=C\CCCCCCCC(=O)OC[C@H](COP(=O)(O)OC[C@@H](O)COP(=O)(O)OC[C@@H](COC(=O)CCCCCCC/C=C\CCCCCCCC)OC(=O)CCCCCCCCC/C=C\CCCCCC)OC(=O)CCCCCCC/C=C\C/C=C\CCCCC. The van der Waals surface area contributed by atoms with Crippen LogP contribution in [0.2, 0.25) is 0 Å². The van der Waals surface area contributed by atoms with Crippen molar-refractivity contribution in [3.05, 3.63) is 72.9 Å². The molecule has 0 saturated heterocycles. The van der Waals surface area contributed by atoms with Gasteiger partial charge in [-0.1, -0.05) is 268 Å². The van der Waals surface area contributed by atoms with Crippen LogP contribution < -0.4 is 0 Å². The fourth-order valence-corrected chi connectivity index (χ4v) is 12.5. The van der Waals surface area contributed by atoms with Gasteiger partial charge in [-0.05, 0) is 141 Å². The Morgan fingerprint density at radius 3 is 0.780 bits per heavy atom. The van der Waals surface area contributed by atoms with Crippen LogP contribution in [0.5, 0.6) is 0 Å². The molecule has 0 aromatic carbocycles. The Balaban J connectivity index is 5.36. The molecule has 0 heterocycles. The van der Waals surface area contributed by atoms with Gasteiger partial charge in [0.05, 0.1) is 26.4 Å². The highest BCUT2D eigenvalue weighted by atomic mass is 31.2. The number of unbranched alkanes of at least 4 members (excludes halogenated alkanes) is 38. The number of aliphatic hydroxyl groups is 1. The molecule has 0 aliphatic heterocycles. The number of carbonyl (C=O) groups excluding carboxylic acids is 4. The van der Waals surface area contributed by atoms with E-state index in [1.165, 1.54) is 103 Å². The molecule has 0 spiro atoms. The van der Waals surface area contributed by atoms with Crippen molar-refractivity contribution in [2.45, 2.75) is 380 Å². The molecule has 0 aromatic heterocycles.